The van der Waals surface area contributed by atoms with Crippen LogP contribution in [0.2, 0.25) is 0 Å². The SMILES string of the molecule is S=C=NC1COc2ccccc21. The van der Waals surface area contributed by atoms with Gasteiger partial charge in [0.05, 0.1) is 5.16 Å². The van der Waals surface area contributed by atoms with Crippen LogP contribution in [0.5, 0.6) is 5.75 Å². The topological polar surface area (TPSA) is 21.6 Å². The van der Waals surface area contributed by atoms with Crippen molar-refractivity contribution in [3.8, 4) is 5.75 Å². The van der Waals surface area contributed by atoms with Gasteiger partial charge in [0.25, 0.3) is 0 Å². The van der Waals surface area contributed by atoms with Crippen molar-refractivity contribution in [2.75, 3.05) is 6.61 Å². The number of ether oxygens (including phenoxy) is 1. The zero-order valence-electron chi connectivity index (χ0n) is 6.36. The molecule has 1 atom stereocenters. The molecule has 1 unspecified atom stereocenters. The van der Waals surface area contributed by atoms with E-state index in [1.54, 1.807) is 0 Å². The van der Waals surface area contributed by atoms with Crippen LogP contribution >= 0.6 is 12.2 Å². The Morgan fingerprint density at radius 1 is 1.50 bits per heavy atom. The lowest BCUT2D eigenvalue weighted by Gasteiger charge is -1.97. The maximum absolute atomic E-state index is 5.38. The summed E-state index contributed by atoms with van der Waals surface area (Å²) in [5, 5.41) is 2.38. The Bertz CT molecular complexity index is 344. The molecule has 0 bridgehead atoms. The van der Waals surface area contributed by atoms with Crippen LogP contribution in [0.4, 0.5) is 0 Å². The van der Waals surface area contributed by atoms with Crippen LogP contribution in [0, 0.1) is 0 Å². The molecule has 1 aromatic rings. The van der Waals surface area contributed by atoms with E-state index in [0.717, 1.165) is 11.3 Å². The van der Waals surface area contributed by atoms with Crippen molar-refractivity contribution in [2.45, 2.75) is 6.04 Å². The molecule has 0 fully saturated rings. The van der Waals surface area contributed by atoms with E-state index in [9.17, 15) is 0 Å². The average molecular weight is 177 g/mol. The number of thiocarbonyl (C=S) groups is 1. The Hall–Kier alpha value is -1.18. The van der Waals surface area contributed by atoms with Gasteiger partial charge in [-0.25, -0.2) is 4.99 Å². The van der Waals surface area contributed by atoms with E-state index in [0.29, 0.717) is 6.61 Å². The average Bonchev–Trinajstić information content (AvgIpc) is 2.50. The van der Waals surface area contributed by atoms with Gasteiger partial charge in [-0.15, -0.1) is 0 Å². The van der Waals surface area contributed by atoms with Crippen LogP contribution in [-0.2, 0) is 0 Å². The molecule has 0 amide bonds. The van der Waals surface area contributed by atoms with Crippen molar-refractivity contribution >= 4 is 17.4 Å². The summed E-state index contributed by atoms with van der Waals surface area (Å²) in [5.74, 6) is 0.913. The molecule has 2 rings (SSSR count). The highest BCUT2D eigenvalue weighted by atomic mass is 32.1. The maximum atomic E-state index is 5.38. The van der Waals surface area contributed by atoms with E-state index in [2.05, 4.69) is 22.4 Å². The number of fused-ring (bicyclic) bond motifs is 1. The number of benzene rings is 1. The molecular formula is C9H7NOS. The van der Waals surface area contributed by atoms with E-state index in [1.807, 2.05) is 24.3 Å². The first-order valence-corrected chi connectivity index (χ1v) is 4.11. The second-order valence-electron chi connectivity index (χ2n) is 2.59. The number of rotatable bonds is 1. The molecule has 0 saturated heterocycles. The van der Waals surface area contributed by atoms with Crippen LogP contribution < -0.4 is 4.74 Å². The lowest BCUT2D eigenvalue weighted by atomic mass is 10.1. The molecule has 1 aliphatic heterocycles. The molecule has 1 aliphatic rings. The summed E-state index contributed by atoms with van der Waals surface area (Å²) in [6, 6.07) is 7.91. The number of nitrogens with zero attached hydrogens (tertiary/aromatic N) is 1. The van der Waals surface area contributed by atoms with Gasteiger partial charge in [-0.05, 0) is 18.3 Å². The van der Waals surface area contributed by atoms with Crippen molar-refractivity contribution in [3.63, 3.8) is 0 Å². The molecule has 0 radical (unpaired) electrons. The smallest absolute Gasteiger partial charge is 0.124 e. The number of hydrogen-bond donors (Lipinski definition) is 0. The Balaban J connectivity index is 2.42. The second-order valence-corrected chi connectivity index (χ2v) is 2.77. The van der Waals surface area contributed by atoms with Gasteiger partial charge in [0, 0.05) is 5.56 Å². The minimum Gasteiger partial charge on any atom is -0.491 e. The van der Waals surface area contributed by atoms with Crippen molar-refractivity contribution in [1.82, 2.24) is 0 Å². The molecule has 60 valence electrons. The molecule has 0 aliphatic carbocycles. The third-order valence-corrected chi connectivity index (χ3v) is 1.99. The molecule has 12 heavy (non-hydrogen) atoms. The molecule has 3 heteroatoms. The second kappa shape index (κ2) is 3.05. The molecule has 2 nitrogen and oxygen atoms in total. The summed E-state index contributed by atoms with van der Waals surface area (Å²) >= 11 is 4.55. The molecule has 0 N–H and O–H groups in total. The summed E-state index contributed by atoms with van der Waals surface area (Å²) in [6.07, 6.45) is 0. The van der Waals surface area contributed by atoms with E-state index < -0.39 is 0 Å². The lowest BCUT2D eigenvalue weighted by molar-refractivity contribution is 0.334. The summed E-state index contributed by atoms with van der Waals surface area (Å²) in [5.41, 5.74) is 1.11. The van der Waals surface area contributed by atoms with E-state index in [4.69, 9.17) is 4.74 Å². The highest BCUT2D eigenvalue weighted by molar-refractivity contribution is 7.78. The summed E-state index contributed by atoms with van der Waals surface area (Å²) in [7, 11) is 0. The van der Waals surface area contributed by atoms with E-state index in [-0.39, 0.29) is 6.04 Å². The Kier molecular flexibility index (Phi) is 1.90. The summed E-state index contributed by atoms with van der Waals surface area (Å²) < 4.78 is 5.38. The monoisotopic (exact) mass is 177 g/mol. The number of aliphatic imine (C=N–C) groups is 1. The van der Waals surface area contributed by atoms with Gasteiger partial charge >= 0.3 is 0 Å². The van der Waals surface area contributed by atoms with Gasteiger partial charge in [-0.1, -0.05) is 18.2 Å². The van der Waals surface area contributed by atoms with Crippen molar-refractivity contribution in [3.05, 3.63) is 29.8 Å². The first-order valence-electron chi connectivity index (χ1n) is 3.70. The van der Waals surface area contributed by atoms with Gasteiger partial charge in [-0.3, -0.25) is 0 Å². The number of para-hydroxylation sites is 1. The van der Waals surface area contributed by atoms with E-state index >= 15 is 0 Å². The first kappa shape index (κ1) is 7.47. The van der Waals surface area contributed by atoms with Crippen LogP contribution in [0.3, 0.4) is 0 Å². The quantitative estimate of drug-likeness (QED) is 0.484. The first-order chi connectivity index (χ1) is 5.92. The van der Waals surface area contributed by atoms with Crippen LogP contribution in [0.15, 0.2) is 29.3 Å². The molecular weight excluding hydrogens is 170 g/mol. The highest BCUT2D eigenvalue weighted by Gasteiger charge is 2.21. The minimum absolute atomic E-state index is 0.0544. The third-order valence-electron chi connectivity index (χ3n) is 1.88. The fraction of sp³-hybridized carbons (Fsp3) is 0.222. The molecule has 0 saturated carbocycles. The normalized spacial score (nSPS) is 19.2. The number of hydrogen-bond acceptors (Lipinski definition) is 3. The van der Waals surface area contributed by atoms with Gasteiger partial charge in [0.15, 0.2) is 0 Å². The largest absolute Gasteiger partial charge is 0.491 e. The van der Waals surface area contributed by atoms with Gasteiger partial charge in [-0.2, -0.15) is 0 Å². The zero-order chi connectivity index (χ0) is 8.39. The van der Waals surface area contributed by atoms with Gasteiger partial charge in [0.2, 0.25) is 0 Å². The Labute approximate surface area is 75.9 Å². The molecule has 1 aromatic carbocycles. The van der Waals surface area contributed by atoms with Crippen LogP contribution in [0.25, 0.3) is 0 Å². The zero-order valence-corrected chi connectivity index (χ0v) is 7.17. The summed E-state index contributed by atoms with van der Waals surface area (Å²) in [6.45, 7) is 0.586. The Morgan fingerprint density at radius 2 is 2.33 bits per heavy atom. The summed E-state index contributed by atoms with van der Waals surface area (Å²) in [4.78, 5) is 4.00. The minimum atomic E-state index is 0.0544. The Morgan fingerprint density at radius 3 is 3.17 bits per heavy atom. The van der Waals surface area contributed by atoms with Crippen LogP contribution in [-0.4, -0.2) is 11.8 Å². The third kappa shape index (κ3) is 1.13. The molecule has 1 heterocycles. The van der Waals surface area contributed by atoms with Crippen molar-refractivity contribution in [2.24, 2.45) is 4.99 Å². The molecule has 0 aromatic heterocycles. The standard InChI is InChI=1S/C9H7NOS/c12-6-10-8-5-11-9-4-2-1-3-7(8)9/h1-4,8H,5H2. The van der Waals surface area contributed by atoms with Crippen molar-refractivity contribution in [1.29, 1.82) is 0 Å². The maximum Gasteiger partial charge on any atom is 0.124 e. The van der Waals surface area contributed by atoms with E-state index in [1.165, 1.54) is 0 Å². The van der Waals surface area contributed by atoms with Crippen molar-refractivity contribution < 1.29 is 4.74 Å². The fourth-order valence-corrected chi connectivity index (χ4v) is 1.44. The van der Waals surface area contributed by atoms with Gasteiger partial charge in [0.1, 0.15) is 18.4 Å². The predicted molar refractivity (Wildman–Crippen MR) is 49.7 cm³/mol. The highest BCUT2D eigenvalue weighted by Crippen LogP contribution is 2.33. The van der Waals surface area contributed by atoms with Gasteiger partial charge < -0.3 is 4.74 Å². The van der Waals surface area contributed by atoms with Crippen LogP contribution in [0.1, 0.15) is 11.6 Å². The lowest BCUT2D eigenvalue weighted by Crippen LogP contribution is -1.95. The number of isothiocyanates is 1. The predicted octanol–water partition coefficient (Wildman–Crippen LogP) is 2.22. The fourth-order valence-electron chi connectivity index (χ4n) is 1.32. The molecule has 0 spiro atoms.